The smallest absolute Gasteiger partial charge is 0.123 e. The van der Waals surface area contributed by atoms with Crippen LogP contribution in [0.3, 0.4) is 0 Å². The number of hydrogen-bond donors (Lipinski definition) is 0. The van der Waals surface area contributed by atoms with Crippen molar-refractivity contribution in [3.05, 3.63) is 71.0 Å². The van der Waals surface area contributed by atoms with Gasteiger partial charge in [-0.2, -0.15) is 0 Å². The van der Waals surface area contributed by atoms with Crippen LogP contribution in [0.1, 0.15) is 70.1 Å². The van der Waals surface area contributed by atoms with Gasteiger partial charge in [0, 0.05) is 0 Å². The van der Waals surface area contributed by atoms with Gasteiger partial charge in [0.05, 0.1) is 0 Å². The first-order chi connectivity index (χ1) is 12.3. The molecule has 0 amide bonds. The summed E-state index contributed by atoms with van der Waals surface area (Å²) in [5, 5.41) is 0. The van der Waals surface area contributed by atoms with Gasteiger partial charge < -0.3 is 0 Å². The monoisotopic (exact) mass is 354 g/mol. The van der Waals surface area contributed by atoms with Crippen LogP contribution in [0, 0.1) is 17.2 Å². The molecule has 1 atom stereocenters. The third kappa shape index (κ3) is 8.17. The van der Waals surface area contributed by atoms with Crippen molar-refractivity contribution in [3.63, 3.8) is 0 Å². The van der Waals surface area contributed by atoms with Gasteiger partial charge in [-0.15, -0.1) is 0 Å². The first kappa shape index (κ1) is 20.7. The highest BCUT2D eigenvalue weighted by Crippen LogP contribution is 2.23. The van der Waals surface area contributed by atoms with E-state index >= 15 is 0 Å². The second kappa shape index (κ2) is 9.90. The van der Waals surface area contributed by atoms with Crippen molar-refractivity contribution in [2.75, 3.05) is 0 Å². The first-order valence-corrected chi connectivity index (χ1v) is 10.1. The fraction of sp³-hybridized carbons (Fsp3) is 0.520. The normalized spacial score (nSPS) is 13.0. The van der Waals surface area contributed by atoms with Gasteiger partial charge in [0.2, 0.25) is 0 Å². The summed E-state index contributed by atoms with van der Waals surface area (Å²) < 4.78 is 13.2. The average molecular weight is 355 g/mol. The third-order valence-electron chi connectivity index (χ3n) is 5.02. The van der Waals surface area contributed by atoms with Crippen LogP contribution in [0.5, 0.6) is 0 Å². The molecule has 0 aliphatic heterocycles. The highest BCUT2D eigenvalue weighted by Gasteiger charge is 2.10. The van der Waals surface area contributed by atoms with Crippen molar-refractivity contribution < 1.29 is 4.39 Å². The Kier molecular flexibility index (Phi) is 7.87. The quantitative estimate of drug-likeness (QED) is 0.440. The van der Waals surface area contributed by atoms with E-state index in [4.69, 9.17) is 0 Å². The van der Waals surface area contributed by atoms with Crippen molar-refractivity contribution in [3.8, 4) is 0 Å². The van der Waals surface area contributed by atoms with E-state index in [1.165, 1.54) is 42.9 Å². The molecule has 0 aromatic heterocycles. The molecule has 0 radical (unpaired) electrons. The number of aryl methyl sites for hydroxylation is 2. The molecule has 1 heteroatoms. The Balaban J connectivity index is 1.75. The molecule has 0 saturated heterocycles. The molecule has 0 aliphatic carbocycles. The van der Waals surface area contributed by atoms with Crippen LogP contribution in [0.25, 0.3) is 0 Å². The Hall–Kier alpha value is -1.63. The van der Waals surface area contributed by atoms with Crippen molar-refractivity contribution in [1.29, 1.82) is 0 Å². The minimum absolute atomic E-state index is 0.126. The van der Waals surface area contributed by atoms with E-state index in [2.05, 4.69) is 52.0 Å². The lowest BCUT2D eigenvalue weighted by Gasteiger charge is -2.17. The maximum atomic E-state index is 13.2. The van der Waals surface area contributed by atoms with Crippen molar-refractivity contribution in [1.82, 2.24) is 0 Å². The Morgan fingerprint density at radius 1 is 0.846 bits per heavy atom. The van der Waals surface area contributed by atoms with Crippen molar-refractivity contribution in [2.45, 2.75) is 72.6 Å². The summed E-state index contributed by atoms with van der Waals surface area (Å²) in [6, 6.07) is 16.1. The predicted molar refractivity (Wildman–Crippen MR) is 111 cm³/mol. The minimum atomic E-state index is -0.126. The molecule has 0 aliphatic rings. The highest BCUT2D eigenvalue weighted by atomic mass is 19.1. The zero-order chi connectivity index (χ0) is 19.0. The van der Waals surface area contributed by atoms with Gasteiger partial charge in [-0.1, -0.05) is 70.5 Å². The van der Waals surface area contributed by atoms with E-state index < -0.39 is 0 Å². The van der Waals surface area contributed by atoms with Crippen LogP contribution in [0.2, 0.25) is 0 Å². The van der Waals surface area contributed by atoms with Crippen molar-refractivity contribution in [2.24, 2.45) is 11.3 Å². The lowest BCUT2D eigenvalue weighted by atomic mass is 9.88. The molecule has 26 heavy (non-hydrogen) atoms. The molecule has 0 nitrogen and oxygen atoms in total. The highest BCUT2D eigenvalue weighted by molar-refractivity contribution is 5.24. The SMILES string of the molecule is C[C@@H](CCCc1cccc(F)c1)Cc1cccc(CCCC(C)(C)C)c1. The van der Waals surface area contributed by atoms with Gasteiger partial charge in [0.25, 0.3) is 0 Å². The minimum Gasteiger partial charge on any atom is -0.207 e. The zero-order valence-corrected chi connectivity index (χ0v) is 17.0. The number of halogens is 1. The third-order valence-corrected chi connectivity index (χ3v) is 5.02. The summed E-state index contributed by atoms with van der Waals surface area (Å²) >= 11 is 0. The molecule has 0 heterocycles. The topological polar surface area (TPSA) is 0 Å². The van der Waals surface area contributed by atoms with Gasteiger partial charge in [0.15, 0.2) is 0 Å². The average Bonchev–Trinajstić information content (AvgIpc) is 2.54. The second-order valence-corrected chi connectivity index (χ2v) is 9.07. The fourth-order valence-electron chi connectivity index (χ4n) is 3.59. The molecule has 2 aromatic rings. The molecule has 0 saturated carbocycles. The van der Waals surface area contributed by atoms with Crippen LogP contribution in [-0.4, -0.2) is 0 Å². The summed E-state index contributed by atoms with van der Waals surface area (Å²) in [6.45, 7) is 9.27. The van der Waals surface area contributed by atoms with E-state index in [0.29, 0.717) is 11.3 Å². The lowest BCUT2D eigenvalue weighted by molar-refractivity contribution is 0.365. The standard InChI is InChI=1S/C25H35F/c1-20(9-5-10-22-12-7-15-24(26)19-22)17-23-13-6-11-21(18-23)14-8-16-25(2,3)4/h6-7,11-13,15,18-20H,5,8-10,14,16-17H2,1-4H3/t20-/m0/s1. The molecule has 2 aromatic carbocycles. The van der Waals surface area contributed by atoms with Gasteiger partial charge in [0.1, 0.15) is 5.82 Å². The maximum absolute atomic E-state index is 13.2. The van der Waals surface area contributed by atoms with Gasteiger partial charge >= 0.3 is 0 Å². The second-order valence-electron chi connectivity index (χ2n) is 9.07. The van der Waals surface area contributed by atoms with E-state index in [1.54, 1.807) is 12.1 Å². The van der Waals surface area contributed by atoms with Crippen LogP contribution >= 0.6 is 0 Å². The fourth-order valence-corrected chi connectivity index (χ4v) is 3.59. The molecular weight excluding hydrogens is 319 g/mol. The lowest BCUT2D eigenvalue weighted by Crippen LogP contribution is -2.05. The van der Waals surface area contributed by atoms with Crippen LogP contribution in [-0.2, 0) is 19.3 Å². The molecule has 0 bridgehead atoms. The molecule has 0 fully saturated rings. The van der Waals surface area contributed by atoms with E-state index in [9.17, 15) is 4.39 Å². The van der Waals surface area contributed by atoms with Gasteiger partial charge in [-0.3, -0.25) is 0 Å². The molecule has 0 spiro atoms. The Morgan fingerprint density at radius 3 is 2.15 bits per heavy atom. The maximum Gasteiger partial charge on any atom is 0.123 e. The van der Waals surface area contributed by atoms with Crippen LogP contribution in [0.4, 0.5) is 4.39 Å². The van der Waals surface area contributed by atoms with Gasteiger partial charge in [-0.25, -0.2) is 4.39 Å². The Morgan fingerprint density at radius 2 is 1.46 bits per heavy atom. The molecule has 0 N–H and O–H groups in total. The van der Waals surface area contributed by atoms with E-state index in [1.807, 2.05) is 6.07 Å². The Bertz CT molecular complexity index is 666. The summed E-state index contributed by atoms with van der Waals surface area (Å²) in [4.78, 5) is 0. The summed E-state index contributed by atoms with van der Waals surface area (Å²) in [5.74, 6) is 0.534. The van der Waals surface area contributed by atoms with Gasteiger partial charge in [-0.05, 0) is 78.7 Å². The Labute approximate surface area is 159 Å². The number of benzene rings is 2. The van der Waals surface area contributed by atoms with Crippen LogP contribution < -0.4 is 0 Å². The molecule has 0 unspecified atom stereocenters. The predicted octanol–water partition coefficient (Wildman–Crippen LogP) is 7.40. The zero-order valence-electron chi connectivity index (χ0n) is 17.0. The molecular formula is C25H35F. The first-order valence-electron chi connectivity index (χ1n) is 10.1. The summed E-state index contributed by atoms with van der Waals surface area (Å²) in [7, 11) is 0. The molecule has 2 rings (SSSR count). The van der Waals surface area contributed by atoms with E-state index in [-0.39, 0.29) is 5.82 Å². The summed E-state index contributed by atoms with van der Waals surface area (Å²) in [5.41, 5.74) is 4.46. The largest absolute Gasteiger partial charge is 0.207 e. The number of rotatable bonds is 9. The van der Waals surface area contributed by atoms with Crippen molar-refractivity contribution >= 4 is 0 Å². The summed E-state index contributed by atoms with van der Waals surface area (Å²) in [6.07, 6.45) is 8.12. The number of hydrogen-bond acceptors (Lipinski definition) is 0. The van der Waals surface area contributed by atoms with Crippen LogP contribution in [0.15, 0.2) is 48.5 Å². The van der Waals surface area contributed by atoms with E-state index in [0.717, 1.165) is 24.8 Å². The molecule has 142 valence electrons.